The smallest absolute Gasteiger partial charge is 0.304 e. The molecule has 20 heavy (non-hydrogen) atoms. The van der Waals surface area contributed by atoms with Crippen LogP contribution in [-0.4, -0.2) is 31.4 Å². The Balaban J connectivity index is 2.46. The Kier molecular flexibility index (Phi) is 4.18. The maximum absolute atomic E-state index is 11.1. The third-order valence-electron chi connectivity index (χ3n) is 3.39. The van der Waals surface area contributed by atoms with Gasteiger partial charge in [-0.3, -0.25) is 4.79 Å². The number of hydrogen-bond donors (Lipinski definition) is 1. The molecule has 1 heterocycles. The zero-order chi connectivity index (χ0) is 14.8. The van der Waals surface area contributed by atoms with Crippen LogP contribution in [0.4, 0.5) is 0 Å². The summed E-state index contributed by atoms with van der Waals surface area (Å²) in [6.07, 6.45) is 0.0450. The van der Waals surface area contributed by atoms with Crippen LogP contribution in [0.3, 0.4) is 0 Å². The van der Waals surface area contributed by atoms with E-state index in [4.69, 9.17) is 19.3 Å². The van der Waals surface area contributed by atoms with Gasteiger partial charge in [0.1, 0.15) is 13.2 Å². The van der Waals surface area contributed by atoms with Gasteiger partial charge in [0, 0.05) is 12.5 Å². The molecular weight excluding hydrogens is 260 g/mol. The van der Waals surface area contributed by atoms with Crippen LogP contribution in [0.25, 0.3) is 0 Å². The van der Waals surface area contributed by atoms with Crippen LogP contribution in [0.5, 0.6) is 11.5 Å². The van der Waals surface area contributed by atoms with Gasteiger partial charge in [0.2, 0.25) is 0 Å². The first-order chi connectivity index (χ1) is 9.44. The normalized spacial score (nSPS) is 14.2. The van der Waals surface area contributed by atoms with Crippen molar-refractivity contribution < 1.29 is 24.1 Å². The molecule has 0 fully saturated rings. The fourth-order valence-corrected chi connectivity index (χ4v) is 2.51. The number of benzene rings is 1. The van der Waals surface area contributed by atoms with Gasteiger partial charge in [-0.05, 0) is 23.3 Å². The van der Waals surface area contributed by atoms with Gasteiger partial charge < -0.3 is 19.3 Å². The first-order valence-electron chi connectivity index (χ1n) is 6.58. The van der Waals surface area contributed by atoms with Crippen LogP contribution < -0.4 is 9.47 Å². The van der Waals surface area contributed by atoms with Gasteiger partial charge in [0.15, 0.2) is 11.5 Å². The lowest BCUT2D eigenvalue weighted by molar-refractivity contribution is -0.138. The summed E-state index contributed by atoms with van der Waals surface area (Å²) in [5.41, 5.74) is 1.35. The number of carbonyl (C=O) groups is 1. The largest absolute Gasteiger partial charge is 0.486 e. The van der Waals surface area contributed by atoms with Crippen LogP contribution in [0.15, 0.2) is 12.1 Å². The minimum Gasteiger partial charge on any atom is -0.486 e. The molecule has 0 radical (unpaired) electrons. The average Bonchev–Trinajstić information content (AvgIpc) is 2.36. The van der Waals surface area contributed by atoms with Crippen LogP contribution in [-0.2, 0) is 21.6 Å². The molecule has 0 saturated carbocycles. The van der Waals surface area contributed by atoms with Gasteiger partial charge in [-0.2, -0.15) is 0 Å². The summed E-state index contributed by atoms with van der Waals surface area (Å²) in [5.74, 6) is 0.538. The molecule has 0 saturated heterocycles. The summed E-state index contributed by atoms with van der Waals surface area (Å²) < 4.78 is 16.4. The quantitative estimate of drug-likeness (QED) is 0.897. The minimum absolute atomic E-state index is 0.0450. The summed E-state index contributed by atoms with van der Waals surface area (Å²) in [6.45, 7) is 5.26. The molecule has 1 aliphatic rings. The molecule has 0 spiro atoms. The minimum atomic E-state index is -0.826. The molecule has 0 aliphatic carbocycles. The summed E-state index contributed by atoms with van der Waals surface area (Å²) in [4.78, 5) is 11.1. The van der Waals surface area contributed by atoms with Crippen molar-refractivity contribution in [1.29, 1.82) is 0 Å². The lowest BCUT2D eigenvalue weighted by atomic mass is 9.79. The molecule has 2 rings (SSSR count). The molecule has 0 unspecified atom stereocenters. The Labute approximate surface area is 118 Å². The molecule has 1 aliphatic heterocycles. The lowest BCUT2D eigenvalue weighted by Gasteiger charge is -2.29. The number of methoxy groups -OCH3 is 1. The number of carboxylic acid groups (broad SMARTS) is 1. The highest BCUT2D eigenvalue weighted by Crippen LogP contribution is 2.39. The van der Waals surface area contributed by atoms with E-state index in [9.17, 15) is 4.79 Å². The topological polar surface area (TPSA) is 65.0 Å². The number of aliphatic carboxylic acids is 1. The zero-order valence-electron chi connectivity index (χ0n) is 12.1. The molecular formula is C15H20O5. The van der Waals surface area contributed by atoms with Crippen LogP contribution >= 0.6 is 0 Å². The first-order valence-corrected chi connectivity index (χ1v) is 6.58. The molecule has 0 bridgehead atoms. The SMILES string of the molecule is COCc1cc2c(cc1C(C)(C)CC(=O)O)OCCO2. The Morgan fingerprint density at radius 2 is 1.90 bits per heavy atom. The van der Waals surface area contributed by atoms with Gasteiger partial charge in [0.05, 0.1) is 13.0 Å². The summed E-state index contributed by atoms with van der Waals surface area (Å²) >= 11 is 0. The monoisotopic (exact) mass is 280 g/mol. The predicted molar refractivity (Wildman–Crippen MR) is 73.4 cm³/mol. The zero-order valence-corrected chi connectivity index (χ0v) is 12.1. The summed E-state index contributed by atoms with van der Waals surface area (Å²) in [6, 6.07) is 3.77. The number of carboxylic acids is 1. The molecule has 5 heteroatoms. The molecule has 1 N–H and O–H groups in total. The van der Waals surface area contributed by atoms with E-state index in [0.29, 0.717) is 31.3 Å². The number of ether oxygens (including phenoxy) is 3. The van der Waals surface area contributed by atoms with Gasteiger partial charge in [-0.25, -0.2) is 0 Å². The average molecular weight is 280 g/mol. The third-order valence-corrected chi connectivity index (χ3v) is 3.39. The summed E-state index contributed by atoms with van der Waals surface area (Å²) in [7, 11) is 1.62. The van der Waals surface area contributed by atoms with Crippen molar-refractivity contribution in [1.82, 2.24) is 0 Å². The highest BCUT2D eigenvalue weighted by Gasteiger charge is 2.29. The van der Waals surface area contributed by atoms with Gasteiger partial charge in [-0.15, -0.1) is 0 Å². The predicted octanol–water partition coefficient (Wildman–Crippen LogP) is 2.36. The van der Waals surface area contributed by atoms with E-state index in [2.05, 4.69) is 0 Å². The number of rotatable bonds is 5. The van der Waals surface area contributed by atoms with Crippen molar-refractivity contribution in [3.63, 3.8) is 0 Å². The van der Waals surface area contributed by atoms with Crippen molar-refractivity contribution in [2.75, 3.05) is 20.3 Å². The standard InChI is InChI=1S/C15H20O5/c1-15(2,8-14(16)17)11-7-13-12(19-4-5-20-13)6-10(11)9-18-3/h6-7H,4-5,8-9H2,1-3H3,(H,16,17). The fourth-order valence-electron chi connectivity index (χ4n) is 2.51. The highest BCUT2D eigenvalue weighted by atomic mass is 16.6. The lowest BCUT2D eigenvalue weighted by Crippen LogP contribution is -2.25. The second-order valence-electron chi connectivity index (χ2n) is 5.54. The molecule has 0 aromatic heterocycles. The third kappa shape index (κ3) is 3.04. The van der Waals surface area contributed by atoms with Crippen molar-refractivity contribution in [2.24, 2.45) is 0 Å². The van der Waals surface area contributed by atoms with Gasteiger partial charge in [0.25, 0.3) is 0 Å². The van der Waals surface area contributed by atoms with Gasteiger partial charge >= 0.3 is 5.97 Å². The van der Waals surface area contributed by atoms with E-state index in [1.807, 2.05) is 26.0 Å². The van der Waals surface area contributed by atoms with Crippen molar-refractivity contribution in [2.45, 2.75) is 32.3 Å². The van der Waals surface area contributed by atoms with E-state index in [1.165, 1.54) is 0 Å². The van der Waals surface area contributed by atoms with E-state index in [1.54, 1.807) is 7.11 Å². The number of fused-ring (bicyclic) bond motifs is 1. The second kappa shape index (κ2) is 5.71. The Hall–Kier alpha value is -1.75. The molecule has 1 aromatic carbocycles. The highest BCUT2D eigenvalue weighted by molar-refractivity contribution is 5.69. The van der Waals surface area contributed by atoms with E-state index < -0.39 is 11.4 Å². The second-order valence-corrected chi connectivity index (χ2v) is 5.54. The maximum Gasteiger partial charge on any atom is 0.304 e. The Bertz CT molecular complexity index is 507. The van der Waals surface area contributed by atoms with Crippen molar-refractivity contribution in [3.05, 3.63) is 23.3 Å². The summed E-state index contributed by atoms with van der Waals surface area (Å²) in [5, 5.41) is 9.08. The molecule has 5 nitrogen and oxygen atoms in total. The first kappa shape index (κ1) is 14.7. The van der Waals surface area contributed by atoms with Crippen LogP contribution in [0.1, 0.15) is 31.4 Å². The van der Waals surface area contributed by atoms with E-state index >= 15 is 0 Å². The van der Waals surface area contributed by atoms with Gasteiger partial charge in [-0.1, -0.05) is 13.8 Å². The number of hydrogen-bond acceptors (Lipinski definition) is 4. The Morgan fingerprint density at radius 1 is 1.30 bits per heavy atom. The molecule has 1 aromatic rings. The molecule has 110 valence electrons. The molecule has 0 atom stereocenters. The maximum atomic E-state index is 11.1. The van der Waals surface area contributed by atoms with Crippen LogP contribution in [0, 0.1) is 0 Å². The fraction of sp³-hybridized carbons (Fsp3) is 0.533. The van der Waals surface area contributed by atoms with Crippen molar-refractivity contribution >= 4 is 5.97 Å². The van der Waals surface area contributed by atoms with Crippen molar-refractivity contribution in [3.8, 4) is 11.5 Å². The van der Waals surface area contributed by atoms with Crippen LogP contribution in [0.2, 0.25) is 0 Å². The van der Waals surface area contributed by atoms with E-state index in [0.717, 1.165) is 11.1 Å². The van der Waals surface area contributed by atoms with E-state index in [-0.39, 0.29) is 6.42 Å². The molecule has 0 amide bonds. The Morgan fingerprint density at radius 3 is 2.45 bits per heavy atom.